The van der Waals surface area contributed by atoms with Crippen LogP contribution in [-0.2, 0) is 42.2 Å². The molecule has 0 amide bonds. The van der Waals surface area contributed by atoms with E-state index in [1.807, 2.05) is 0 Å². The van der Waals surface area contributed by atoms with E-state index < -0.39 is 57.8 Å². The number of carbonyl (C=O) groups excluding carboxylic acids is 3. The molecule has 3 unspecified atom stereocenters. The van der Waals surface area contributed by atoms with Crippen molar-refractivity contribution in [2.24, 2.45) is 0 Å². The van der Waals surface area contributed by atoms with Gasteiger partial charge in [0.15, 0.2) is 6.10 Å². The van der Waals surface area contributed by atoms with Crippen LogP contribution in [0.15, 0.2) is 60.8 Å². The van der Waals surface area contributed by atoms with Crippen molar-refractivity contribution >= 4 is 25.7 Å². The monoisotopic (exact) mass is 1010 g/mol. The molecule has 0 bridgehead atoms. The van der Waals surface area contributed by atoms with Gasteiger partial charge < -0.3 is 24.2 Å². The smallest absolute Gasteiger partial charge is 0.462 e. The summed E-state index contributed by atoms with van der Waals surface area (Å²) in [6, 6.07) is 0. The third-order valence-corrected chi connectivity index (χ3v) is 12.8. The molecule has 0 fully saturated rings. The highest BCUT2D eigenvalue weighted by Gasteiger charge is 2.28. The second-order valence-corrected chi connectivity index (χ2v) is 20.2. The van der Waals surface area contributed by atoms with Gasteiger partial charge in [-0.25, -0.2) is 4.57 Å². The van der Waals surface area contributed by atoms with Crippen molar-refractivity contribution in [1.82, 2.24) is 0 Å². The summed E-state index contributed by atoms with van der Waals surface area (Å²) >= 11 is 0. The highest BCUT2D eigenvalue weighted by atomic mass is 31.2. The van der Waals surface area contributed by atoms with Gasteiger partial charge in [-0.15, -0.1) is 0 Å². The molecule has 0 heterocycles. The molecule has 0 saturated carbocycles. The molecule has 406 valence electrons. The van der Waals surface area contributed by atoms with E-state index in [1.54, 1.807) is 0 Å². The number of phosphoric ester groups is 1. The molecule has 0 aliphatic rings. The van der Waals surface area contributed by atoms with Crippen LogP contribution in [0.2, 0.25) is 0 Å². The quantitative estimate of drug-likeness (QED) is 0.0197. The van der Waals surface area contributed by atoms with E-state index in [4.69, 9.17) is 23.3 Å². The molecule has 0 aromatic rings. The Kier molecular flexibility index (Phi) is 50.4. The van der Waals surface area contributed by atoms with E-state index in [0.717, 1.165) is 128 Å². The average Bonchev–Trinajstić information content (AvgIpc) is 3.35. The van der Waals surface area contributed by atoms with Gasteiger partial charge in [-0.3, -0.25) is 23.4 Å². The molecule has 0 aliphatic heterocycles. The first-order chi connectivity index (χ1) is 34.2. The van der Waals surface area contributed by atoms with Crippen LogP contribution in [0.4, 0.5) is 0 Å². The van der Waals surface area contributed by atoms with E-state index in [2.05, 4.69) is 81.5 Å². The first-order valence-electron chi connectivity index (χ1n) is 28.2. The largest absolute Gasteiger partial charge is 0.472 e. The molecule has 2 N–H and O–H groups in total. The van der Waals surface area contributed by atoms with Gasteiger partial charge in [0.25, 0.3) is 0 Å². The standard InChI is InChI=1S/C58H103O11P/c1-4-7-10-13-16-19-22-24-25-26-27-28-29-31-34-37-40-43-46-49-58(62)69-55(51-65-56(60)47-44-41-38-35-32-21-18-15-12-9-6-3)53-67-70(63,64)66-52-54(50-59)68-57(61)48-45-42-39-36-33-30-23-20-17-14-11-8-5-2/h15-16,18-20,23-25,27-28,54-55,59H,4-14,17,21-22,26,29-53H2,1-3H3,(H,63,64)/b18-15-,19-16-,23-20-,25-24-,28-27-. The first-order valence-corrected chi connectivity index (χ1v) is 29.7. The molecule has 0 saturated heterocycles. The van der Waals surface area contributed by atoms with Crippen molar-refractivity contribution in [3.63, 3.8) is 0 Å². The van der Waals surface area contributed by atoms with Crippen LogP contribution in [0.1, 0.15) is 252 Å². The van der Waals surface area contributed by atoms with Crippen molar-refractivity contribution in [2.75, 3.05) is 26.4 Å². The predicted molar refractivity (Wildman–Crippen MR) is 288 cm³/mol. The number of hydrogen-bond acceptors (Lipinski definition) is 10. The Hall–Kier alpha value is -2.82. The average molecular weight is 1010 g/mol. The van der Waals surface area contributed by atoms with Crippen LogP contribution in [0, 0.1) is 0 Å². The number of esters is 3. The summed E-state index contributed by atoms with van der Waals surface area (Å²) in [5.74, 6) is -1.50. The SMILES string of the molecule is CCCC/C=C\CCCCCCCC(=O)OCC(COP(=O)(O)OCC(CO)OC(=O)CCCCCCC/C=C\CCCCCC)OC(=O)CCCCCCCC/C=C\C/C=C\C/C=C\CCCCC. The Labute approximate surface area is 427 Å². The first kappa shape index (κ1) is 67.2. The second-order valence-electron chi connectivity index (χ2n) is 18.7. The molecule has 0 rings (SSSR count). The zero-order valence-corrected chi connectivity index (χ0v) is 45.6. The maximum absolute atomic E-state index is 12.9. The molecule has 0 aromatic heterocycles. The maximum atomic E-state index is 12.9. The van der Waals surface area contributed by atoms with Gasteiger partial charge in [-0.05, 0) is 103 Å². The molecule has 3 atom stereocenters. The van der Waals surface area contributed by atoms with Crippen molar-refractivity contribution in [2.45, 2.75) is 264 Å². The fourth-order valence-corrected chi connectivity index (χ4v) is 8.30. The highest BCUT2D eigenvalue weighted by Crippen LogP contribution is 2.43. The van der Waals surface area contributed by atoms with Gasteiger partial charge in [-0.1, -0.05) is 191 Å². The Balaban J connectivity index is 4.73. The Morgan fingerprint density at radius 2 is 0.714 bits per heavy atom. The maximum Gasteiger partial charge on any atom is 0.472 e. The van der Waals surface area contributed by atoms with E-state index in [-0.39, 0.29) is 25.9 Å². The molecule has 0 radical (unpaired) electrons. The second kappa shape index (κ2) is 52.5. The Morgan fingerprint density at radius 1 is 0.400 bits per heavy atom. The lowest BCUT2D eigenvalue weighted by atomic mass is 10.1. The summed E-state index contributed by atoms with van der Waals surface area (Å²) in [4.78, 5) is 48.4. The number of allylic oxidation sites excluding steroid dienone is 10. The van der Waals surface area contributed by atoms with Crippen LogP contribution >= 0.6 is 7.82 Å². The number of aliphatic hydroxyl groups is 1. The number of phosphoric acid groups is 1. The topological polar surface area (TPSA) is 155 Å². The number of unbranched alkanes of at least 4 members (excludes halogenated alkanes) is 25. The number of ether oxygens (including phenoxy) is 3. The normalized spacial score (nSPS) is 13.8. The summed E-state index contributed by atoms with van der Waals surface area (Å²) in [5, 5.41) is 9.79. The van der Waals surface area contributed by atoms with E-state index >= 15 is 0 Å². The molecule has 0 spiro atoms. The van der Waals surface area contributed by atoms with Crippen LogP contribution in [0.25, 0.3) is 0 Å². The Morgan fingerprint density at radius 3 is 1.16 bits per heavy atom. The summed E-state index contributed by atoms with van der Waals surface area (Å²) in [5.41, 5.74) is 0. The number of aliphatic hydroxyl groups excluding tert-OH is 1. The van der Waals surface area contributed by atoms with Gasteiger partial charge in [0.2, 0.25) is 0 Å². The fraction of sp³-hybridized carbons (Fsp3) is 0.776. The minimum Gasteiger partial charge on any atom is -0.462 e. The van der Waals surface area contributed by atoms with Crippen LogP contribution in [0.5, 0.6) is 0 Å². The van der Waals surface area contributed by atoms with Gasteiger partial charge in [0.1, 0.15) is 12.7 Å². The molecule has 0 aromatic carbocycles. The van der Waals surface area contributed by atoms with E-state index in [1.165, 1.54) is 64.2 Å². The zero-order chi connectivity index (χ0) is 51.3. The van der Waals surface area contributed by atoms with Crippen molar-refractivity contribution in [3.8, 4) is 0 Å². The van der Waals surface area contributed by atoms with Gasteiger partial charge in [0, 0.05) is 19.3 Å². The zero-order valence-electron chi connectivity index (χ0n) is 44.7. The summed E-state index contributed by atoms with van der Waals surface area (Å²) in [7, 11) is -4.75. The third kappa shape index (κ3) is 50.1. The fourth-order valence-electron chi connectivity index (χ4n) is 7.51. The minimum atomic E-state index is -4.75. The van der Waals surface area contributed by atoms with Gasteiger partial charge in [-0.2, -0.15) is 0 Å². The third-order valence-electron chi connectivity index (χ3n) is 11.9. The van der Waals surface area contributed by atoms with Crippen LogP contribution in [-0.4, -0.2) is 66.5 Å². The van der Waals surface area contributed by atoms with Crippen molar-refractivity contribution in [1.29, 1.82) is 0 Å². The van der Waals surface area contributed by atoms with Crippen molar-refractivity contribution < 1.29 is 52.2 Å². The summed E-state index contributed by atoms with van der Waals surface area (Å²) in [6.07, 6.45) is 56.1. The molecule has 70 heavy (non-hydrogen) atoms. The minimum absolute atomic E-state index is 0.150. The molecule has 12 heteroatoms. The van der Waals surface area contributed by atoms with Gasteiger partial charge in [0.05, 0.1) is 19.8 Å². The molecular weight excluding hydrogens is 904 g/mol. The van der Waals surface area contributed by atoms with Crippen molar-refractivity contribution in [3.05, 3.63) is 60.8 Å². The lowest BCUT2D eigenvalue weighted by Crippen LogP contribution is -2.30. The predicted octanol–water partition coefficient (Wildman–Crippen LogP) is 16.4. The number of hydrogen-bond donors (Lipinski definition) is 2. The van der Waals surface area contributed by atoms with Crippen LogP contribution < -0.4 is 0 Å². The lowest BCUT2D eigenvalue weighted by Gasteiger charge is -2.21. The van der Waals surface area contributed by atoms with Gasteiger partial charge >= 0.3 is 25.7 Å². The molecule has 0 aliphatic carbocycles. The molecule has 11 nitrogen and oxygen atoms in total. The Bertz CT molecular complexity index is 1410. The highest BCUT2D eigenvalue weighted by molar-refractivity contribution is 7.47. The van der Waals surface area contributed by atoms with E-state index in [0.29, 0.717) is 19.3 Å². The molecular formula is C58H103O11P. The summed E-state index contributed by atoms with van der Waals surface area (Å²) < 4.78 is 39.4. The number of rotatable bonds is 52. The lowest BCUT2D eigenvalue weighted by molar-refractivity contribution is -0.161. The summed E-state index contributed by atoms with van der Waals surface area (Å²) in [6.45, 7) is 4.53. The van der Waals surface area contributed by atoms with E-state index in [9.17, 15) is 28.9 Å². The van der Waals surface area contributed by atoms with Crippen LogP contribution in [0.3, 0.4) is 0 Å². The number of carbonyl (C=O) groups is 3.